The minimum Gasteiger partial charge on any atom is -0.377 e. The first kappa shape index (κ1) is 13.0. The number of amides is 1. The second kappa shape index (κ2) is 4.69. The van der Waals surface area contributed by atoms with E-state index in [0.717, 1.165) is 0 Å². The second-order valence-corrected chi connectivity index (χ2v) is 5.29. The fourth-order valence-electron chi connectivity index (χ4n) is 2.12. The van der Waals surface area contributed by atoms with Gasteiger partial charge >= 0.3 is 0 Å². The number of morpholine rings is 1. The molecular formula is C14H18FNO2. The average molecular weight is 251 g/mol. The van der Waals surface area contributed by atoms with Crippen molar-refractivity contribution in [3.05, 3.63) is 35.1 Å². The van der Waals surface area contributed by atoms with Crippen LogP contribution >= 0.6 is 0 Å². The molecule has 98 valence electrons. The number of aryl methyl sites for hydroxylation is 1. The molecule has 2 rings (SSSR count). The van der Waals surface area contributed by atoms with E-state index in [2.05, 4.69) is 0 Å². The van der Waals surface area contributed by atoms with Gasteiger partial charge in [-0.2, -0.15) is 0 Å². The molecule has 1 amide bonds. The van der Waals surface area contributed by atoms with Crippen molar-refractivity contribution in [3.63, 3.8) is 0 Å². The van der Waals surface area contributed by atoms with Gasteiger partial charge in [-0.25, -0.2) is 4.39 Å². The molecule has 1 saturated heterocycles. The Morgan fingerprint density at radius 1 is 1.44 bits per heavy atom. The second-order valence-electron chi connectivity index (χ2n) is 5.29. The number of hydrogen-bond acceptors (Lipinski definition) is 2. The number of carbonyl (C=O) groups is 1. The maximum Gasteiger partial charge on any atom is 0.254 e. The number of ether oxygens (including phenoxy) is 1. The van der Waals surface area contributed by atoms with Crippen LogP contribution in [0.2, 0.25) is 0 Å². The van der Waals surface area contributed by atoms with E-state index < -0.39 is 0 Å². The molecule has 1 aromatic carbocycles. The first-order chi connectivity index (χ1) is 8.42. The Morgan fingerprint density at radius 3 is 2.78 bits per heavy atom. The lowest BCUT2D eigenvalue weighted by atomic mass is 10.0. The van der Waals surface area contributed by atoms with Gasteiger partial charge in [0.25, 0.3) is 5.91 Å². The number of halogens is 1. The SMILES string of the molecule is Cc1ccc(C(=O)N2CCOCC2(C)C)cc1F. The van der Waals surface area contributed by atoms with E-state index in [1.165, 1.54) is 6.07 Å². The Bertz CT molecular complexity index is 471. The Kier molecular flexibility index (Phi) is 3.39. The van der Waals surface area contributed by atoms with E-state index in [9.17, 15) is 9.18 Å². The smallest absolute Gasteiger partial charge is 0.254 e. The molecule has 3 nitrogen and oxygen atoms in total. The van der Waals surface area contributed by atoms with E-state index in [-0.39, 0.29) is 17.3 Å². The van der Waals surface area contributed by atoms with Gasteiger partial charge in [-0.15, -0.1) is 0 Å². The third-order valence-corrected chi connectivity index (χ3v) is 3.31. The van der Waals surface area contributed by atoms with Gasteiger partial charge in [0.1, 0.15) is 5.82 Å². The van der Waals surface area contributed by atoms with Crippen molar-refractivity contribution >= 4 is 5.91 Å². The van der Waals surface area contributed by atoms with Gasteiger partial charge in [0.05, 0.1) is 18.8 Å². The lowest BCUT2D eigenvalue weighted by Crippen LogP contribution is -2.55. The zero-order chi connectivity index (χ0) is 13.3. The van der Waals surface area contributed by atoms with Crippen molar-refractivity contribution < 1.29 is 13.9 Å². The first-order valence-electron chi connectivity index (χ1n) is 6.08. The monoisotopic (exact) mass is 251 g/mol. The normalized spacial score (nSPS) is 18.8. The summed E-state index contributed by atoms with van der Waals surface area (Å²) in [5, 5.41) is 0. The van der Waals surface area contributed by atoms with Gasteiger partial charge in [0, 0.05) is 12.1 Å². The predicted molar refractivity (Wildman–Crippen MR) is 67.1 cm³/mol. The van der Waals surface area contributed by atoms with Crippen LogP contribution in [0.3, 0.4) is 0 Å². The van der Waals surface area contributed by atoms with E-state index in [1.54, 1.807) is 24.0 Å². The molecule has 1 aromatic rings. The van der Waals surface area contributed by atoms with Crippen LogP contribution in [0, 0.1) is 12.7 Å². The van der Waals surface area contributed by atoms with E-state index in [4.69, 9.17) is 4.74 Å². The van der Waals surface area contributed by atoms with Crippen LogP contribution in [0.1, 0.15) is 29.8 Å². The highest BCUT2D eigenvalue weighted by atomic mass is 19.1. The number of carbonyl (C=O) groups excluding carboxylic acids is 1. The maximum atomic E-state index is 13.5. The molecule has 0 N–H and O–H groups in total. The van der Waals surface area contributed by atoms with Crippen LogP contribution in [0.15, 0.2) is 18.2 Å². The molecule has 18 heavy (non-hydrogen) atoms. The third kappa shape index (κ3) is 2.38. The van der Waals surface area contributed by atoms with Crippen molar-refractivity contribution in [2.75, 3.05) is 19.8 Å². The summed E-state index contributed by atoms with van der Waals surface area (Å²) in [7, 11) is 0. The van der Waals surface area contributed by atoms with E-state index in [1.807, 2.05) is 13.8 Å². The van der Waals surface area contributed by atoms with E-state index >= 15 is 0 Å². The first-order valence-corrected chi connectivity index (χ1v) is 6.08. The summed E-state index contributed by atoms with van der Waals surface area (Å²) in [6.45, 7) is 7.17. The molecule has 1 aliphatic heterocycles. The number of hydrogen-bond donors (Lipinski definition) is 0. The average Bonchev–Trinajstić information content (AvgIpc) is 2.31. The highest BCUT2D eigenvalue weighted by Gasteiger charge is 2.34. The Hall–Kier alpha value is -1.42. The molecule has 0 bridgehead atoms. The van der Waals surface area contributed by atoms with Crippen LogP contribution in [0.5, 0.6) is 0 Å². The summed E-state index contributed by atoms with van der Waals surface area (Å²) in [5.74, 6) is -0.478. The molecule has 0 spiro atoms. The summed E-state index contributed by atoms with van der Waals surface area (Å²) in [4.78, 5) is 14.1. The van der Waals surface area contributed by atoms with Crippen LogP contribution in [-0.2, 0) is 4.74 Å². The Balaban J connectivity index is 2.27. The summed E-state index contributed by atoms with van der Waals surface area (Å²) >= 11 is 0. The minimum absolute atomic E-state index is 0.137. The fraction of sp³-hybridized carbons (Fsp3) is 0.500. The predicted octanol–water partition coefficient (Wildman–Crippen LogP) is 2.39. The Morgan fingerprint density at radius 2 is 2.17 bits per heavy atom. The highest BCUT2D eigenvalue weighted by Crippen LogP contribution is 2.22. The molecule has 0 unspecified atom stereocenters. The van der Waals surface area contributed by atoms with E-state index in [0.29, 0.717) is 30.9 Å². The molecule has 4 heteroatoms. The van der Waals surface area contributed by atoms with Crippen LogP contribution in [0.25, 0.3) is 0 Å². The third-order valence-electron chi connectivity index (χ3n) is 3.31. The molecule has 0 atom stereocenters. The van der Waals surface area contributed by atoms with Crippen molar-refractivity contribution in [1.82, 2.24) is 4.90 Å². The zero-order valence-corrected chi connectivity index (χ0v) is 11.0. The van der Waals surface area contributed by atoms with Gasteiger partial charge < -0.3 is 9.64 Å². The Labute approximate surface area is 107 Å². The molecule has 0 aliphatic carbocycles. The zero-order valence-electron chi connectivity index (χ0n) is 11.0. The quantitative estimate of drug-likeness (QED) is 0.767. The van der Waals surface area contributed by atoms with Crippen molar-refractivity contribution in [1.29, 1.82) is 0 Å². The number of benzene rings is 1. The molecule has 1 aliphatic rings. The minimum atomic E-state index is -0.351. The van der Waals surface area contributed by atoms with Gasteiger partial charge in [-0.1, -0.05) is 6.07 Å². The van der Waals surface area contributed by atoms with Gasteiger partial charge in [-0.05, 0) is 38.5 Å². The molecular weight excluding hydrogens is 233 g/mol. The maximum absolute atomic E-state index is 13.5. The lowest BCUT2D eigenvalue weighted by Gasteiger charge is -2.42. The lowest BCUT2D eigenvalue weighted by molar-refractivity contribution is -0.0370. The number of nitrogens with zero attached hydrogens (tertiary/aromatic N) is 1. The topological polar surface area (TPSA) is 29.5 Å². The van der Waals surface area contributed by atoms with Crippen molar-refractivity contribution in [2.45, 2.75) is 26.3 Å². The fourth-order valence-corrected chi connectivity index (χ4v) is 2.12. The van der Waals surface area contributed by atoms with Crippen molar-refractivity contribution in [3.8, 4) is 0 Å². The summed E-state index contributed by atoms with van der Waals surface area (Å²) in [6.07, 6.45) is 0. The summed E-state index contributed by atoms with van der Waals surface area (Å²) in [6, 6.07) is 4.62. The van der Waals surface area contributed by atoms with Crippen molar-refractivity contribution in [2.24, 2.45) is 0 Å². The van der Waals surface area contributed by atoms with Crippen LogP contribution in [-0.4, -0.2) is 36.1 Å². The van der Waals surface area contributed by atoms with Crippen LogP contribution in [0.4, 0.5) is 4.39 Å². The largest absolute Gasteiger partial charge is 0.377 e. The van der Waals surface area contributed by atoms with Gasteiger partial charge in [-0.3, -0.25) is 4.79 Å². The highest BCUT2D eigenvalue weighted by molar-refractivity contribution is 5.94. The number of rotatable bonds is 1. The summed E-state index contributed by atoms with van der Waals surface area (Å²) in [5.41, 5.74) is 0.595. The molecule has 0 aromatic heterocycles. The van der Waals surface area contributed by atoms with Crippen LogP contribution < -0.4 is 0 Å². The van der Waals surface area contributed by atoms with Gasteiger partial charge in [0.2, 0.25) is 0 Å². The summed E-state index contributed by atoms with van der Waals surface area (Å²) < 4.78 is 18.9. The van der Waals surface area contributed by atoms with Gasteiger partial charge in [0.15, 0.2) is 0 Å². The molecule has 0 saturated carbocycles. The molecule has 1 fully saturated rings. The standard InChI is InChI=1S/C14H18FNO2/c1-10-4-5-11(8-12(10)15)13(17)16-6-7-18-9-14(16,2)3/h4-5,8H,6-7,9H2,1-3H3. The molecule has 0 radical (unpaired) electrons. The molecule has 1 heterocycles.